The van der Waals surface area contributed by atoms with E-state index < -0.39 is 11.8 Å². The predicted octanol–water partition coefficient (Wildman–Crippen LogP) is 4.15. The Bertz CT molecular complexity index is 1240. The SMILES string of the molecule is CC(NC(=O)C(C(=O)Nc1ccc(C(=N)N)cc1)c1ccccc1)c1ccc2c(c1)CCCC2.O=CO. The summed E-state index contributed by atoms with van der Waals surface area (Å²) in [7, 11) is 0. The van der Waals surface area contributed by atoms with Crippen LogP contribution in [0.5, 0.6) is 0 Å². The van der Waals surface area contributed by atoms with Gasteiger partial charge in [0.05, 0.1) is 6.04 Å². The molecule has 1 aliphatic carbocycles. The van der Waals surface area contributed by atoms with Gasteiger partial charge in [0, 0.05) is 11.3 Å². The lowest BCUT2D eigenvalue weighted by atomic mass is 9.89. The summed E-state index contributed by atoms with van der Waals surface area (Å²) in [5.41, 5.74) is 11.0. The lowest BCUT2D eigenvalue weighted by molar-refractivity contribution is -0.129. The van der Waals surface area contributed by atoms with E-state index in [1.165, 1.54) is 24.0 Å². The van der Waals surface area contributed by atoms with Gasteiger partial charge < -0.3 is 21.5 Å². The van der Waals surface area contributed by atoms with Crippen LogP contribution in [0.3, 0.4) is 0 Å². The Morgan fingerprint density at radius 1 is 0.919 bits per heavy atom. The zero-order valence-electron chi connectivity index (χ0n) is 20.7. The molecule has 0 radical (unpaired) electrons. The van der Waals surface area contributed by atoms with E-state index in [2.05, 4.69) is 28.8 Å². The van der Waals surface area contributed by atoms with Crippen molar-refractivity contribution in [2.24, 2.45) is 5.73 Å². The summed E-state index contributed by atoms with van der Waals surface area (Å²) in [6, 6.07) is 21.9. The zero-order chi connectivity index (χ0) is 26.8. The van der Waals surface area contributed by atoms with Gasteiger partial charge in [-0.25, -0.2) is 0 Å². The van der Waals surface area contributed by atoms with Crippen LogP contribution in [0.15, 0.2) is 72.8 Å². The molecule has 3 aromatic carbocycles. The molecule has 1 aliphatic rings. The molecule has 2 atom stereocenters. The predicted molar refractivity (Wildman–Crippen MR) is 144 cm³/mol. The van der Waals surface area contributed by atoms with Crippen LogP contribution in [0.4, 0.5) is 5.69 Å². The van der Waals surface area contributed by atoms with Gasteiger partial charge in [-0.1, -0.05) is 48.5 Å². The number of anilines is 1. The minimum atomic E-state index is -1.01. The van der Waals surface area contributed by atoms with E-state index in [1.54, 1.807) is 36.4 Å². The van der Waals surface area contributed by atoms with E-state index in [9.17, 15) is 9.59 Å². The van der Waals surface area contributed by atoms with Crippen LogP contribution in [0.1, 0.15) is 59.5 Å². The first-order chi connectivity index (χ1) is 17.8. The van der Waals surface area contributed by atoms with E-state index in [4.69, 9.17) is 21.0 Å². The molecule has 0 bridgehead atoms. The number of hydrogen-bond donors (Lipinski definition) is 5. The summed E-state index contributed by atoms with van der Waals surface area (Å²) in [5.74, 6) is -1.82. The normalized spacial score (nSPS) is 13.5. The highest BCUT2D eigenvalue weighted by molar-refractivity contribution is 6.11. The maximum Gasteiger partial charge on any atom is 0.290 e. The largest absolute Gasteiger partial charge is 0.483 e. The Balaban J connectivity index is 0.00000121. The maximum absolute atomic E-state index is 13.4. The molecule has 0 aromatic heterocycles. The fourth-order valence-electron chi connectivity index (χ4n) is 4.42. The fraction of sp³-hybridized carbons (Fsp3) is 0.241. The van der Waals surface area contributed by atoms with Gasteiger partial charge in [0.15, 0.2) is 0 Å². The van der Waals surface area contributed by atoms with Gasteiger partial charge >= 0.3 is 0 Å². The Morgan fingerprint density at radius 2 is 1.54 bits per heavy atom. The van der Waals surface area contributed by atoms with Crippen LogP contribution < -0.4 is 16.4 Å². The Labute approximate surface area is 216 Å². The van der Waals surface area contributed by atoms with E-state index in [0.717, 1.165) is 18.4 Å². The number of carbonyl (C=O) groups excluding carboxylic acids is 2. The summed E-state index contributed by atoms with van der Waals surface area (Å²) in [5, 5.41) is 20.3. The van der Waals surface area contributed by atoms with Crippen LogP contribution in [0.2, 0.25) is 0 Å². The molecule has 0 saturated carbocycles. The third-order valence-corrected chi connectivity index (χ3v) is 6.35. The first-order valence-corrected chi connectivity index (χ1v) is 12.1. The summed E-state index contributed by atoms with van der Waals surface area (Å²) in [4.78, 5) is 35.0. The molecule has 6 N–H and O–H groups in total. The first-order valence-electron chi connectivity index (χ1n) is 12.1. The molecule has 4 rings (SSSR count). The van der Waals surface area contributed by atoms with Crippen molar-refractivity contribution in [2.45, 2.75) is 44.6 Å². The van der Waals surface area contributed by atoms with Crippen molar-refractivity contribution in [1.82, 2.24) is 5.32 Å². The summed E-state index contributed by atoms with van der Waals surface area (Å²) >= 11 is 0. The number of rotatable bonds is 7. The van der Waals surface area contributed by atoms with E-state index in [0.29, 0.717) is 16.8 Å². The Hall–Kier alpha value is -4.46. The van der Waals surface area contributed by atoms with Gasteiger partial charge in [0.2, 0.25) is 11.8 Å². The second-order valence-corrected chi connectivity index (χ2v) is 8.89. The molecule has 192 valence electrons. The molecule has 0 aliphatic heterocycles. The van der Waals surface area contributed by atoms with Crippen molar-refractivity contribution in [2.75, 3.05) is 5.32 Å². The zero-order valence-corrected chi connectivity index (χ0v) is 20.7. The molecule has 0 heterocycles. The number of nitrogen functional groups attached to an aromatic ring is 1. The first kappa shape index (κ1) is 27.1. The van der Waals surface area contributed by atoms with Crippen LogP contribution in [0, 0.1) is 5.41 Å². The van der Waals surface area contributed by atoms with Crippen molar-refractivity contribution in [3.8, 4) is 0 Å². The number of hydrogen-bond acceptors (Lipinski definition) is 4. The van der Waals surface area contributed by atoms with Gasteiger partial charge in [-0.05, 0) is 79.1 Å². The van der Waals surface area contributed by atoms with E-state index in [-0.39, 0.29) is 24.3 Å². The molecule has 8 heteroatoms. The van der Waals surface area contributed by atoms with Crippen LogP contribution >= 0.6 is 0 Å². The van der Waals surface area contributed by atoms with Crippen molar-refractivity contribution in [1.29, 1.82) is 5.41 Å². The van der Waals surface area contributed by atoms with Crippen LogP contribution in [0.25, 0.3) is 0 Å². The highest BCUT2D eigenvalue weighted by Crippen LogP contribution is 2.26. The number of nitrogens with two attached hydrogens (primary N) is 1. The second-order valence-electron chi connectivity index (χ2n) is 8.89. The third-order valence-electron chi connectivity index (χ3n) is 6.35. The van der Waals surface area contributed by atoms with Crippen LogP contribution in [-0.4, -0.2) is 29.2 Å². The highest BCUT2D eigenvalue weighted by Gasteiger charge is 2.30. The molecule has 8 nitrogen and oxygen atoms in total. The quantitative estimate of drug-likeness (QED) is 0.143. The molecule has 2 amide bonds. The Kier molecular flexibility index (Phi) is 9.55. The average Bonchev–Trinajstić information content (AvgIpc) is 2.90. The molecule has 2 unspecified atom stereocenters. The Morgan fingerprint density at radius 3 is 2.16 bits per heavy atom. The van der Waals surface area contributed by atoms with Crippen molar-refractivity contribution in [3.63, 3.8) is 0 Å². The molecule has 0 saturated heterocycles. The minimum absolute atomic E-state index is 0.0458. The molecular weight excluding hydrogens is 468 g/mol. The van der Waals surface area contributed by atoms with Crippen LogP contribution in [-0.2, 0) is 27.2 Å². The van der Waals surface area contributed by atoms with Gasteiger partial charge in [-0.2, -0.15) is 0 Å². The van der Waals surface area contributed by atoms with E-state index >= 15 is 0 Å². The van der Waals surface area contributed by atoms with Gasteiger partial charge in [-0.15, -0.1) is 0 Å². The molecule has 37 heavy (non-hydrogen) atoms. The number of amidine groups is 1. The second kappa shape index (κ2) is 13.0. The number of benzene rings is 3. The highest BCUT2D eigenvalue weighted by atomic mass is 16.3. The number of amides is 2. The number of carbonyl (C=O) groups is 3. The smallest absolute Gasteiger partial charge is 0.290 e. The lowest BCUT2D eigenvalue weighted by Gasteiger charge is -2.22. The number of aryl methyl sites for hydroxylation is 2. The van der Waals surface area contributed by atoms with Crippen molar-refractivity contribution in [3.05, 3.63) is 101 Å². The van der Waals surface area contributed by atoms with Gasteiger partial charge in [0.1, 0.15) is 11.8 Å². The summed E-state index contributed by atoms with van der Waals surface area (Å²) in [6.45, 7) is 1.70. The van der Waals surface area contributed by atoms with Crippen molar-refractivity contribution < 1.29 is 19.5 Å². The maximum atomic E-state index is 13.4. The topological polar surface area (TPSA) is 145 Å². The lowest BCUT2D eigenvalue weighted by Crippen LogP contribution is -2.38. The number of fused-ring (bicyclic) bond motifs is 1. The number of carboxylic acid groups (broad SMARTS) is 1. The summed E-state index contributed by atoms with van der Waals surface area (Å²) < 4.78 is 0. The standard InChI is InChI=1S/C28H30N4O2.CH2O2/c1-18(22-12-11-19-7-5-6-10-23(19)17-22)31-27(33)25(20-8-3-2-4-9-20)28(34)32-24-15-13-21(14-16-24)26(29)30;2-1-3/h2-4,8-9,11-18,25H,5-7,10H2,1H3,(H3,29,30)(H,31,33)(H,32,34);1H,(H,2,3). The number of nitrogens with one attached hydrogen (secondary N) is 3. The van der Waals surface area contributed by atoms with E-state index in [1.807, 2.05) is 25.1 Å². The molecule has 3 aromatic rings. The minimum Gasteiger partial charge on any atom is -0.483 e. The molecule has 0 fully saturated rings. The average molecular weight is 501 g/mol. The van der Waals surface area contributed by atoms with Gasteiger partial charge in [0.25, 0.3) is 6.47 Å². The third kappa shape index (κ3) is 7.27. The summed E-state index contributed by atoms with van der Waals surface area (Å²) in [6.07, 6.45) is 4.60. The monoisotopic (exact) mass is 500 g/mol. The van der Waals surface area contributed by atoms with Gasteiger partial charge in [-0.3, -0.25) is 19.8 Å². The molecular formula is C29H32N4O4. The fourth-order valence-corrected chi connectivity index (χ4v) is 4.42. The molecule has 0 spiro atoms. The van der Waals surface area contributed by atoms with Crippen molar-refractivity contribution >= 4 is 29.8 Å².